The van der Waals surface area contributed by atoms with Gasteiger partial charge in [0.25, 0.3) is 0 Å². The number of nitrogens with zero attached hydrogens (tertiary/aromatic N) is 1. The van der Waals surface area contributed by atoms with Gasteiger partial charge in [-0.05, 0) is 25.0 Å². The fraction of sp³-hybridized carbons (Fsp3) is 0.478. The van der Waals surface area contributed by atoms with Gasteiger partial charge < -0.3 is 5.32 Å². The van der Waals surface area contributed by atoms with Gasteiger partial charge in [0.2, 0.25) is 5.91 Å². The van der Waals surface area contributed by atoms with Gasteiger partial charge in [-0.25, -0.2) is 0 Å². The molecular formula is C23H29ClN2OS. The first kappa shape index (κ1) is 21.1. The zero-order valence-electron chi connectivity index (χ0n) is 16.6. The van der Waals surface area contributed by atoms with Crippen LogP contribution in [0.3, 0.4) is 0 Å². The van der Waals surface area contributed by atoms with Crippen LogP contribution in [0.25, 0.3) is 0 Å². The van der Waals surface area contributed by atoms with Crippen LogP contribution in [0.2, 0.25) is 5.02 Å². The standard InChI is InChI=1S/C23H29ClN2OS/c1-2-3-4-5-6-7-8-9-12-17-15-19-22(18-13-10-11-14-20(18)24)25-16-21(27)26-23(19)28-17/h10-11,13-15H,2-9,12,16H2,1H3,(H,26,27). The Labute approximate surface area is 177 Å². The van der Waals surface area contributed by atoms with Gasteiger partial charge in [-0.3, -0.25) is 9.79 Å². The summed E-state index contributed by atoms with van der Waals surface area (Å²) in [5.41, 5.74) is 2.70. The summed E-state index contributed by atoms with van der Waals surface area (Å²) in [5, 5.41) is 4.58. The first-order valence-electron chi connectivity index (χ1n) is 10.4. The minimum absolute atomic E-state index is 0.0659. The van der Waals surface area contributed by atoms with Crippen molar-refractivity contribution < 1.29 is 4.79 Å². The van der Waals surface area contributed by atoms with Crippen LogP contribution in [0.4, 0.5) is 5.00 Å². The number of aryl methyl sites for hydroxylation is 1. The van der Waals surface area contributed by atoms with Crippen LogP contribution in [0.15, 0.2) is 35.3 Å². The summed E-state index contributed by atoms with van der Waals surface area (Å²) in [6.45, 7) is 2.39. The van der Waals surface area contributed by atoms with Crippen molar-refractivity contribution >= 4 is 39.6 Å². The third kappa shape index (κ3) is 5.68. The molecular weight excluding hydrogens is 388 g/mol. The lowest BCUT2D eigenvalue weighted by Gasteiger charge is -2.07. The second-order valence-corrected chi connectivity index (χ2v) is 8.92. The van der Waals surface area contributed by atoms with E-state index >= 15 is 0 Å². The van der Waals surface area contributed by atoms with Crippen LogP contribution >= 0.6 is 22.9 Å². The number of hydrogen-bond acceptors (Lipinski definition) is 3. The van der Waals surface area contributed by atoms with E-state index in [1.807, 2.05) is 24.3 Å². The van der Waals surface area contributed by atoms with Crippen molar-refractivity contribution in [3.63, 3.8) is 0 Å². The average molecular weight is 417 g/mol. The van der Waals surface area contributed by atoms with E-state index in [0.29, 0.717) is 5.02 Å². The van der Waals surface area contributed by atoms with Gasteiger partial charge >= 0.3 is 0 Å². The van der Waals surface area contributed by atoms with Crippen molar-refractivity contribution in [2.75, 3.05) is 11.9 Å². The maximum Gasteiger partial charge on any atom is 0.246 e. The molecule has 0 aliphatic carbocycles. The maximum absolute atomic E-state index is 12.1. The van der Waals surface area contributed by atoms with Crippen LogP contribution in [0.5, 0.6) is 0 Å². The second-order valence-electron chi connectivity index (χ2n) is 7.37. The van der Waals surface area contributed by atoms with Crippen molar-refractivity contribution in [2.45, 2.75) is 64.7 Å². The summed E-state index contributed by atoms with van der Waals surface area (Å²) >= 11 is 8.08. The number of carbonyl (C=O) groups is 1. The Kier molecular flexibility index (Phi) is 8.11. The Morgan fingerprint density at radius 1 is 1.04 bits per heavy atom. The van der Waals surface area contributed by atoms with Gasteiger partial charge in [-0.2, -0.15) is 0 Å². The van der Waals surface area contributed by atoms with Crippen LogP contribution in [0.1, 0.15) is 74.3 Å². The first-order chi connectivity index (χ1) is 13.7. The van der Waals surface area contributed by atoms with E-state index < -0.39 is 0 Å². The number of benzene rings is 1. The van der Waals surface area contributed by atoms with E-state index in [1.165, 1.54) is 56.2 Å². The van der Waals surface area contributed by atoms with Crippen LogP contribution in [-0.2, 0) is 11.2 Å². The highest BCUT2D eigenvalue weighted by Crippen LogP contribution is 2.34. The highest BCUT2D eigenvalue weighted by atomic mass is 35.5. The molecule has 1 aromatic heterocycles. The predicted molar refractivity (Wildman–Crippen MR) is 121 cm³/mol. The van der Waals surface area contributed by atoms with Gasteiger partial charge in [0.05, 0.1) is 5.71 Å². The second kappa shape index (κ2) is 10.8. The third-order valence-electron chi connectivity index (χ3n) is 5.08. The maximum atomic E-state index is 12.1. The van der Waals surface area contributed by atoms with Crippen molar-refractivity contribution in [1.82, 2.24) is 0 Å². The number of thiophene rings is 1. The zero-order valence-corrected chi connectivity index (χ0v) is 18.2. The molecule has 1 aliphatic heterocycles. The minimum atomic E-state index is -0.0659. The number of unbranched alkanes of at least 4 members (excludes halogenated alkanes) is 7. The Morgan fingerprint density at radius 2 is 1.75 bits per heavy atom. The molecule has 2 aromatic rings. The van der Waals surface area contributed by atoms with E-state index in [0.717, 1.165) is 28.3 Å². The number of aliphatic imine (C=N–C) groups is 1. The molecule has 0 radical (unpaired) electrons. The van der Waals surface area contributed by atoms with E-state index in [4.69, 9.17) is 11.6 Å². The number of halogens is 1. The van der Waals surface area contributed by atoms with Gasteiger partial charge in [-0.1, -0.05) is 81.7 Å². The number of anilines is 1. The third-order valence-corrected chi connectivity index (χ3v) is 6.52. The molecule has 0 fully saturated rings. The largest absolute Gasteiger partial charge is 0.316 e. The molecule has 150 valence electrons. The molecule has 0 unspecified atom stereocenters. The molecule has 0 bridgehead atoms. The number of fused-ring (bicyclic) bond motifs is 1. The molecule has 2 heterocycles. The molecule has 1 aliphatic rings. The monoisotopic (exact) mass is 416 g/mol. The van der Waals surface area contributed by atoms with Crippen molar-refractivity contribution in [3.8, 4) is 0 Å². The van der Waals surface area contributed by atoms with Crippen molar-refractivity contribution in [2.24, 2.45) is 4.99 Å². The molecule has 0 spiro atoms. The molecule has 28 heavy (non-hydrogen) atoms. The lowest BCUT2D eigenvalue weighted by atomic mass is 10.0. The molecule has 0 saturated carbocycles. The number of nitrogens with one attached hydrogen (secondary N) is 1. The number of rotatable bonds is 10. The Hall–Kier alpha value is -1.65. The van der Waals surface area contributed by atoms with E-state index in [1.54, 1.807) is 11.3 Å². The van der Waals surface area contributed by atoms with Crippen LogP contribution < -0.4 is 5.32 Å². The molecule has 5 heteroatoms. The predicted octanol–water partition coefficient (Wildman–Crippen LogP) is 6.87. The Balaban J connectivity index is 1.63. The lowest BCUT2D eigenvalue weighted by Crippen LogP contribution is -2.12. The Bertz CT molecular complexity index is 828. The minimum Gasteiger partial charge on any atom is -0.316 e. The first-order valence-corrected chi connectivity index (χ1v) is 11.6. The normalized spacial score (nSPS) is 13.6. The quantitative estimate of drug-likeness (QED) is 0.421. The van der Waals surface area contributed by atoms with E-state index in [-0.39, 0.29) is 12.5 Å². The van der Waals surface area contributed by atoms with Crippen molar-refractivity contribution in [1.29, 1.82) is 0 Å². The molecule has 1 N–H and O–H groups in total. The van der Waals surface area contributed by atoms with Gasteiger partial charge in [0, 0.05) is 21.0 Å². The summed E-state index contributed by atoms with van der Waals surface area (Å²) in [4.78, 5) is 17.9. The summed E-state index contributed by atoms with van der Waals surface area (Å²) in [7, 11) is 0. The van der Waals surface area contributed by atoms with Crippen LogP contribution in [0, 0.1) is 0 Å². The lowest BCUT2D eigenvalue weighted by molar-refractivity contribution is -0.114. The fourth-order valence-electron chi connectivity index (χ4n) is 3.55. The van der Waals surface area contributed by atoms with Gasteiger partial charge in [0.15, 0.2) is 0 Å². The summed E-state index contributed by atoms with van der Waals surface area (Å²) < 4.78 is 0. The SMILES string of the molecule is CCCCCCCCCCc1cc2c(s1)NC(=O)CN=C2c1ccccc1Cl. The number of amides is 1. The van der Waals surface area contributed by atoms with Gasteiger partial charge in [-0.15, -0.1) is 11.3 Å². The van der Waals surface area contributed by atoms with E-state index in [9.17, 15) is 4.79 Å². The summed E-state index contributed by atoms with van der Waals surface area (Å²) in [5.74, 6) is -0.0659. The number of hydrogen-bond donors (Lipinski definition) is 1. The Morgan fingerprint density at radius 3 is 2.50 bits per heavy atom. The smallest absolute Gasteiger partial charge is 0.246 e. The average Bonchev–Trinajstić information content (AvgIpc) is 3.00. The molecule has 3 nitrogen and oxygen atoms in total. The molecule has 1 amide bonds. The molecule has 0 saturated heterocycles. The van der Waals surface area contributed by atoms with Crippen LogP contribution in [-0.4, -0.2) is 18.2 Å². The summed E-state index contributed by atoms with van der Waals surface area (Å²) in [6.07, 6.45) is 11.6. The number of carbonyl (C=O) groups excluding carboxylic acids is 1. The van der Waals surface area contributed by atoms with E-state index in [2.05, 4.69) is 23.3 Å². The summed E-state index contributed by atoms with van der Waals surface area (Å²) in [6, 6.07) is 9.89. The highest BCUT2D eigenvalue weighted by Gasteiger charge is 2.22. The highest BCUT2D eigenvalue weighted by molar-refractivity contribution is 7.16. The molecule has 1 aromatic carbocycles. The topological polar surface area (TPSA) is 41.5 Å². The molecule has 3 rings (SSSR count). The zero-order chi connectivity index (χ0) is 19.8. The fourth-order valence-corrected chi connectivity index (χ4v) is 4.89. The van der Waals surface area contributed by atoms with Crippen molar-refractivity contribution in [3.05, 3.63) is 51.4 Å². The molecule has 0 atom stereocenters. The van der Waals surface area contributed by atoms with Gasteiger partial charge in [0.1, 0.15) is 11.5 Å².